The van der Waals surface area contributed by atoms with Gasteiger partial charge in [-0.15, -0.1) is 0 Å². The van der Waals surface area contributed by atoms with Gasteiger partial charge in [-0.1, -0.05) is 22.0 Å². The summed E-state index contributed by atoms with van der Waals surface area (Å²) in [5.74, 6) is -0.917. The van der Waals surface area contributed by atoms with Crippen LogP contribution in [0, 0.1) is 5.82 Å². The average Bonchev–Trinajstić information content (AvgIpc) is 2.89. The minimum atomic E-state index is -0.485. The minimum absolute atomic E-state index is 0.0266. The molecule has 1 aliphatic rings. The van der Waals surface area contributed by atoms with Gasteiger partial charge in [0, 0.05) is 34.9 Å². The van der Waals surface area contributed by atoms with E-state index < -0.39 is 11.7 Å². The summed E-state index contributed by atoms with van der Waals surface area (Å²) in [7, 11) is 0. The standard InChI is InChI=1S/C17H14BrFN2O2/c1-10(22)21-5-4-11-2-3-15(9-16(11)21)20-17(23)12-6-13(18)8-14(19)7-12/h2-3,6-9H,4-5H2,1H3,(H,20,23). The molecule has 6 heteroatoms. The second-order valence-electron chi connectivity index (χ2n) is 5.38. The lowest BCUT2D eigenvalue weighted by Gasteiger charge is -2.16. The van der Waals surface area contributed by atoms with E-state index in [1.54, 1.807) is 23.1 Å². The maximum Gasteiger partial charge on any atom is 0.255 e. The Bertz CT molecular complexity index is 787. The van der Waals surface area contributed by atoms with E-state index in [-0.39, 0.29) is 11.5 Å². The van der Waals surface area contributed by atoms with Gasteiger partial charge in [0.15, 0.2) is 0 Å². The van der Waals surface area contributed by atoms with Crippen LogP contribution in [0.15, 0.2) is 40.9 Å². The van der Waals surface area contributed by atoms with Gasteiger partial charge in [0.05, 0.1) is 0 Å². The molecule has 3 rings (SSSR count). The molecule has 2 amide bonds. The maximum atomic E-state index is 13.4. The van der Waals surface area contributed by atoms with Gasteiger partial charge in [0.25, 0.3) is 5.91 Å². The van der Waals surface area contributed by atoms with Gasteiger partial charge < -0.3 is 10.2 Å². The van der Waals surface area contributed by atoms with Crippen LogP contribution < -0.4 is 10.2 Å². The molecule has 0 aliphatic carbocycles. The van der Waals surface area contributed by atoms with E-state index in [1.807, 2.05) is 6.07 Å². The first kappa shape index (κ1) is 15.7. The quantitative estimate of drug-likeness (QED) is 0.867. The van der Waals surface area contributed by atoms with Crippen molar-refractivity contribution in [2.75, 3.05) is 16.8 Å². The second-order valence-corrected chi connectivity index (χ2v) is 6.29. The molecule has 0 unspecified atom stereocenters. The topological polar surface area (TPSA) is 49.4 Å². The molecule has 2 aromatic carbocycles. The zero-order valence-electron chi connectivity index (χ0n) is 12.4. The fraction of sp³-hybridized carbons (Fsp3) is 0.176. The first-order chi connectivity index (χ1) is 10.9. The first-order valence-corrected chi connectivity index (χ1v) is 7.92. The molecule has 0 bridgehead atoms. The molecule has 1 N–H and O–H groups in total. The molecule has 0 aromatic heterocycles. The number of hydrogen-bond acceptors (Lipinski definition) is 2. The predicted molar refractivity (Wildman–Crippen MR) is 90.2 cm³/mol. The van der Waals surface area contributed by atoms with Gasteiger partial charge in [-0.05, 0) is 42.3 Å². The Morgan fingerprint density at radius 2 is 2.00 bits per heavy atom. The molecule has 0 spiro atoms. The first-order valence-electron chi connectivity index (χ1n) is 7.12. The van der Waals surface area contributed by atoms with Crippen LogP contribution in [0.2, 0.25) is 0 Å². The van der Waals surface area contributed by atoms with Crippen LogP contribution in [0.3, 0.4) is 0 Å². The van der Waals surface area contributed by atoms with E-state index in [0.29, 0.717) is 16.7 Å². The van der Waals surface area contributed by atoms with Crippen LogP contribution in [0.25, 0.3) is 0 Å². The van der Waals surface area contributed by atoms with Crippen LogP contribution in [0.4, 0.5) is 15.8 Å². The van der Waals surface area contributed by atoms with Gasteiger partial charge in [0.2, 0.25) is 5.91 Å². The van der Waals surface area contributed by atoms with Crippen LogP contribution in [0.5, 0.6) is 0 Å². The number of rotatable bonds is 2. The molecule has 23 heavy (non-hydrogen) atoms. The largest absolute Gasteiger partial charge is 0.322 e. The summed E-state index contributed by atoms with van der Waals surface area (Å²) in [6.45, 7) is 2.17. The summed E-state index contributed by atoms with van der Waals surface area (Å²) in [4.78, 5) is 25.6. The van der Waals surface area contributed by atoms with Crippen LogP contribution >= 0.6 is 15.9 Å². The van der Waals surface area contributed by atoms with Crippen molar-refractivity contribution in [3.63, 3.8) is 0 Å². The summed E-state index contributed by atoms with van der Waals surface area (Å²) >= 11 is 3.17. The number of nitrogens with one attached hydrogen (secondary N) is 1. The maximum absolute atomic E-state index is 13.4. The lowest BCUT2D eigenvalue weighted by Crippen LogP contribution is -2.25. The highest BCUT2D eigenvalue weighted by Gasteiger charge is 2.22. The summed E-state index contributed by atoms with van der Waals surface area (Å²) in [6.07, 6.45) is 0.806. The van der Waals surface area contributed by atoms with Crippen LogP contribution in [-0.2, 0) is 11.2 Å². The summed E-state index contributed by atoms with van der Waals surface area (Å²) in [5, 5.41) is 2.74. The molecular formula is C17H14BrFN2O2. The van der Waals surface area contributed by atoms with E-state index >= 15 is 0 Å². The summed E-state index contributed by atoms with van der Waals surface area (Å²) < 4.78 is 13.9. The molecule has 0 saturated carbocycles. The normalized spacial score (nSPS) is 12.9. The highest BCUT2D eigenvalue weighted by atomic mass is 79.9. The molecule has 4 nitrogen and oxygen atoms in total. The molecule has 0 atom stereocenters. The van der Waals surface area contributed by atoms with Crippen molar-refractivity contribution in [2.24, 2.45) is 0 Å². The van der Waals surface area contributed by atoms with Crippen molar-refractivity contribution >= 4 is 39.1 Å². The third-order valence-electron chi connectivity index (χ3n) is 3.74. The van der Waals surface area contributed by atoms with E-state index in [9.17, 15) is 14.0 Å². The molecule has 1 heterocycles. The Hall–Kier alpha value is -2.21. The van der Waals surface area contributed by atoms with E-state index in [4.69, 9.17) is 0 Å². The van der Waals surface area contributed by atoms with Crippen LogP contribution in [-0.4, -0.2) is 18.4 Å². The number of carbonyl (C=O) groups excluding carboxylic acids is 2. The molecule has 0 radical (unpaired) electrons. The highest BCUT2D eigenvalue weighted by molar-refractivity contribution is 9.10. The van der Waals surface area contributed by atoms with Crippen LogP contribution in [0.1, 0.15) is 22.8 Å². The Kier molecular flexibility index (Phi) is 4.17. The fourth-order valence-corrected chi connectivity index (χ4v) is 3.14. The number of benzene rings is 2. The van der Waals surface area contributed by atoms with Gasteiger partial charge in [-0.25, -0.2) is 4.39 Å². The lowest BCUT2D eigenvalue weighted by molar-refractivity contribution is -0.116. The highest BCUT2D eigenvalue weighted by Crippen LogP contribution is 2.31. The Labute approximate surface area is 141 Å². The smallest absolute Gasteiger partial charge is 0.255 e. The van der Waals surface area contributed by atoms with Crippen molar-refractivity contribution in [3.8, 4) is 0 Å². The molecule has 0 fully saturated rings. The second kappa shape index (κ2) is 6.12. The van der Waals surface area contributed by atoms with Crippen molar-refractivity contribution in [2.45, 2.75) is 13.3 Å². The van der Waals surface area contributed by atoms with Gasteiger partial charge in [-0.3, -0.25) is 9.59 Å². The van der Waals surface area contributed by atoms with E-state index in [0.717, 1.165) is 17.7 Å². The number of carbonyl (C=O) groups is 2. The molecule has 118 valence electrons. The Balaban J connectivity index is 1.85. The summed E-state index contributed by atoms with van der Waals surface area (Å²) in [6, 6.07) is 9.47. The summed E-state index contributed by atoms with van der Waals surface area (Å²) in [5.41, 5.74) is 2.69. The van der Waals surface area contributed by atoms with Crippen molar-refractivity contribution in [1.29, 1.82) is 0 Å². The zero-order valence-corrected chi connectivity index (χ0v) is 14.0. The molecule has 2 aromatic rings. The third kappa shape index (κ3) is 3.27. The number of hydrogen-bond donors (Lipinski definition) is 1. The van der Waals surface area contributed by atoms with Gasteiger partial charge >= 0.3 is 0 Å². The average molecular weight is 377 g/mol. The van der Waals surface area contributed by atoms with Gasteiger partial charge in [0.1, 0.15) is 5.82 Å². The lowest BCUT2D eigenvalue weighted by atomic mass is 10.1. The fourth-order valence-electron chi connectivity index (χ4n) is 2.67. The Morgan fingerprint density at radius 1 is 1.22 bits per heavy atom. The SMILES string of the molecule is CC(=O)N1CCc2ccc(NC(=O)c3cc(F)cc(Br)c3)cc21. The third-order valence-corrected chi connectivity index (χ3v) is 4.20. The number of anilines is 2. The predicted octanol–water partition coefficient (Wildman–Crippen LogP) is 3.75. The molecule has 0 saturated heterocycles. The number of amides is 2. The zero-order chi connectivity index (χ0) is 16.6. The Morgan fingerprint density at radius 3 is 2.70 bits per heavy atom. The minimum Gasteiger partial charge on any atom is -0.322 e. The van der Waals surface area contributed by atoms with E-state index in [1.165, 1.54) is 19.1 Å². The molecular weight excluding hydrogens is 363 g/mol. The molecule has 1 aliphatic heterocycles. The monoisotopic (exact) mass is 376 g/mol. The van der Waals surface area contributed by atoms with Crippen molar-refractivity contribution < 1.29 is 14.0 Å². The number of halogens is 2. The van der Waals surface area contributed by atoms with Gasteiger partial charge in [-0.2, -0.15) is 0 Å². The number of nitrogens with zero attached hydrogens (tertiary/aromatic N) is 1. The van der Waals surface area contributed by atoms with E-state index in [2.05, 4.69) is 21.2 Å². The van der Waals surface area contributed by atoms with Crippen molar-refractivity contribution in [3.05, 3.63) is 57.8 Å². The number of fused-ring (bicyclic) bond motifs is 1. The van der Waals surface area contributed by atoms with Crippen molar-refractivity contribution in [1.82, 2.24) is 0 Å².